The first-order chi connectivity index (χ1) is 25.9. The van der Waals surface area contributed by atoms with E-state index in [-0.39, 0.29) is 35.7 Å². The molecule has 4 N–H and O–H groups in total. The van der Waals surface area contributed by atoms with Crippen molar-refractivity contribution in [2.45, 2.75) is 77.5 Å². The van der Waals surface area contributed by atoms with Crippen LogP contribution in [0.25, 0.3) is 44.0 Å². The van der Waals surface area contributed by atoms with Gasteiger partial charge in [-0.1, -0.05) is 52.0 Å². The molecule has 0 aliphatic carbocycles. The number of carboxylic acid groups (broad SMARTS) is 1. The average Bonchev–Trinajstić information content (AvgIpc) is 3.97. The van der Waals surface area contributed by atoms with Crippen LogP contribution in [-0.2, 0) is 14.3 Å². The molecule has 0 saturated carbocycles. The molecule has 284 valence electrons. The van der Waals surface area contributed by atoms with E-state index in [4.69, 9.17) is 14.7 Å². The van der Waals surface area contributed by atoms with Crippen molar-refractivity contribution in [3.63, 3.8) is 0 Å². The number of likely N-dealkylation sites (tertiary alicyclic amines) is 2. The highest BCUT2D eigenvalue weighted by molar-refractivity contribution is 6.05. The third kappa shape index (κ3) is 6.69. The van der Waals surface area contributed by atoms with Crippen LogP contribution < -0.4 is 5.32 Å². The normalized spacial score (nSPS) is 18.6. The molecule has 2 aliphatic rings. The standard InChI is InChI=1S/C40H48N8O6/c1-21(2)32(45-39(51)54-6)37(49)47-17-7-10-31(47)36-42-28-16-13-25-19-23(11-14-26(25)33(28)44-36)24-12-15-27-29(20-24)43-35(41-27)30-9-8-18-48(30)38(50)34(22(3)4)46(5)40(52)53/h11-16,19-22,30-32,34H,7-10,17-18H2,1-6H3,(H,41,43)(H,42,44)(H,45,51)(H,52,53)/t30-,31-,32-,34-/m0/s1. The third-order valence-electron chi connectivity index (χ3n) is 11.0. The van der Waals surface area contributed by atoms with E-state index in [1.54, 1.807) is 4.90 Å². The molecule has 2 fully saturated rings. The molecule has 3 aromatic carbocycles. The van der Waals surface area contributed by atoms with Crippen LogP contribution in [0.4, 0.5) is 9.59 Å². The summed E-state index contributed by atoms with van der Waals surface area (Å²) in [6.45, 7) is 8.66. The van der Waals surface area contributed by atoms with E-state index >= 15 is 0 Å². The van der Waals surface area contributed by atoms with Gasteiger partial charge in [0.05, 0.1) is 41.3 Å². The molecule has 4 atom stereocenters. The number of ether oxygens (including phenoxy) is 1. The van der Waals surface area contributed by atoms with E-state index < -0.39 is 24.3 Å². The summed E-state index contributed by atoms with van der Waals surface area (Å²) in [5.41, 5.74) is 5.40. The Hall–Kier alpha value is -5.66. The quantitative estimate of drug-likeness (QED) is 0.131. The van der Waals surface area contributed by atoms with Gasteiger partial charge in [0.2, 0.25) is 11.8 Å². The molecule has 2 aliphatic heterocycles. The van der Waals surface area contributed by atoms with Gasteiger partial charge in [-0.05, 0) is 78.3 Å². The van der Waals surface area contributed by atoms with Gasteiger partial charge in [0.1, 0.15) is 23.7 Å². The molecular formula is C40H48N8O6. The lowest BCUT2D eigenvalue weighted by Gasteiger charge is -2.33. The number of carbonyl (C=O) groups excluding carboxylic acids is 3. The number of aromatic nitrogens is 4. The number of nitrogens with zero attached hydrogens (tertiary/aromatic N) is 5. The summed E-state index contributed by atoms with van der Waals surface area (Å²) < 4.78 is 4.78. The summed E-state index contributed by atoms with van der Waals surface area (Å²) in [6.07, 6.45) is 1.40. The Morgan fingerprint density at radius 2 is 1.46 bits per heavy atom. The van der Waals surface area contributed by atoms with Gasteiger partial charge < -0.3 is 34.9 Å². The number of hydrogen-bond donors (Lipinski definition) is 4. The smallest absolute Gasteiger partial charge is 0.407 e. The van der Waals surface area contributed by atoms with Crippen LogP contribution in [0.1, 0.15) is 77.1 Å². The SMILES string of the molecule is COC(=O)N[C@H](C(=O)N1CCC[C@H]1c1nc2c(ccc3cc(-c4ccc5nc([C@@H]6CCCN6C(=O)[C@H](C(C)C)N(C)C(=O)O)[nH]c5c4)ccc32)[nH]1)C(C)C. The van der Waals surface area contributed by atoms with Crippen molar-refractivity contribution >= 4 is 56.8 Å². The second-order valence-corrected chi connectivity index (χ2v) is 15.2. The number of H-pyrrole nitrogens is 2. The Morgan fingerprint density at radius 3 is 2.11 bits per heavy atom. The number of methoxy groups -OCH3 is 1. The maximum absolute atomic E-state index is 13.7. The number of carbonyl (C=O) groups is 4. The maximum atomic E-state index is 13.7. The predicted molar refractivity (Wildman–Crippen MR) is 205 cm³/mol. The molecule has 4 amide bonds. The summed E-state index contributed by atoms with van der Waals surface area (Å²) in [7, 11) is 2.74. The van der Waals surface area contributed by atoms with E-state index in [2.05, 4.69) is 45.6 Å². The maximum Gasteiger partial charge on any atom is 0.407 e. The van der Waals surface area contributed by atoms with Crippen LogP contribution in [0.3, 0.4) is 0 Å². The lowest BCUT2D eigenvalue weighted by molar-refractivity contribution is -0.138. The van der Waals surface area contributed by atoms with E-state index in [0.29, 0.717) is 18.9 Å². The monoisotopic (exact) mass is 736 g/mol. The van der Waals surface area contributed by atoms with E-state index in [1.807, 2.05) is 50.8 Å². The minimum absolute atomic E-state index is 0.118. The molecule has 14 heteroatoms. The molecule has 54 heavy (non-hydrogen) atoms. The van der Waals surface area contributed by atoms with Crippen molar-refractivity contribution in [2.75, 3.05) is 27.2 Å². The molecule has 2 saturated heterocycles. The summed E-state index contributed by atoms with van der Waals surface area (Å²) in [4.78, 5) is 72.7. The first kappa shape index (κ1) is 36.7. The lowest BCUT2D eigenvalue weighted by atomic mass is 10.0. The van der Waals surface area contributed by atoms with Gasteiger partial charge in [0.15, 0.2) is 0 Å². The third-order valence-corrected chi connectivity index (χ3v) is 11.0. The zero-order chi connectivity index (χ0) is 38.4. The molecule has 7 rings (SSSR count). The fraction of sp³-hybridized carbons (Fsp3) is 0.450. The lowest BCUT2D eigenvalue weighted by Crippen LogP contribution is -2.51. The molecule has 0 spiro atoms. The topological polar surface area (TPSA) is 177 Å². The first-order valence-electron chi connectivity index (χ1n) is 18.7. The Labute approximate surface area is 313 Å². The van der Waals surface area contributed by atoms with Gasteiger partial charge in [-0.15, -0.1) is 0 Å². The number of nitrogens with one attached hydrogen (secondary N) is 3. The molecule has 14 nitrogen and oxygen atoms in total. The summed E-state index contributed by atoms with van der Waals surface area (Å²) in [5.74, 6) is 0.782. The van der Waals surface area contributed by atoms with Crippen molar-refractivity contribution in [1.82, 2.24) is 40.0 Å². The highest BCUT2D eigenvalue weighted by Crippen LogP contribution is 2.37. The molecule has 0 radical (unpaired) electrons. The number of hydrogen-bond acceptors (Lipinski definition) is 7. The number of benzene rings is 3. The van der Waals surface area contributed by atoms with Crippen molar-refractivity contribution in [1.29, 1.82) is 0 Å². The van der Waals surface area contributed by atoms with Crippen LogP contribution in [0.15, 0.2) is 48.5 Å². The number of alkyl carbamates (subject to hydrolysis) is 1. The second kappa shape index (κ2) is 14.6. The molecule has 0 unspecified atom stereocenters. The summed E-state index contributed by atoms with van der Waals surface area (Å²) >= 11 is 0. The number of likely N-dealkylation sites (N-methyl/N-ethyl adjacent to an activating group) is 1. The van der Waals surface area contributed by atoms with Gasteiger partial charge in [-0.3, -0.25) is 14.5 Å². The number of aromatic amines is 2. The highest BCUT2D eigenvalue weighted by atomic mass is 16.5. The van der Waals surface area contributed by atoms with Gasteiger partial charge in [0.25, 0.3) is 0 Å². The first-order valence-corrected chi connectivity index (χ1v) is 18.7. The number of amides is 4. The number of rotatable bonds is 9. The van der Waals surface area contributed by atoms with Crippen molar-refractivity contribution < 1.29 is 29.0 Å². The van der Waals surface area contributed by atoms with Crippen LogP contribution >= 0.6 is 0 Å². The Morgan fingerprint density at radius 1 is 0.833 bits per heavy atom. The molecule has 2 aromatic heterocycles. The van der Waals surface area contributed by atoms with Crippen LogP contribution in [-0.4, -0.2) is 103 Å². The van der Waals surface area contributed by atoms with E-state index in [9.17, 15) is 24.3 Å². The molecule has 5 aromatic rings. The van der Waals surface area contributed by atoms with E-state index in [0.717, 1.165) is 80.4 Å². The molecule has 0 bridgehead atoms. The summed E-state index contributed by atoms with van der Waals surface area (Å²) in [5, 5.41) is 14.3. The highest BCUT2D eigenvalue weighted by Gasteiger charge is 2.40. The van der Waals surface area contributed by atoms with Crippen LogP contribution in [0.5, 0.6) is 0 Å². The van der Waals surface area contributed by atoms with Gasteiger partial charge in [0, 0.05) is 25.5 Å². The number of fused-ring (bicyclic) bond motifs is 4. The average molecular weight is 737 g/mol. The van der Waals surface area contributed by atoms with Gasteiger partial charge in [-0.2, -0.15) is 0 Å². The summed E-state index contributed by atoms with van der Waals surface area (Å²) in [6, 6.07) is 14.5. The minimum atomic E-state index is -1.13. The molecule has 4 heterocycles. The fourth-order valence-corrected chi connectivity index (χ4v) is 8.22. The Balaban J connectivity index is 1.13. The van der Waals surface area contributed by atoms with Crippen molar-refractivity contribution in [2.24, 2.45) is 11.8 Å². The van der Waals surface area contributed by atoms with Crippen molar-refractivity contribution in [3.8, 4) is 11.1 Å². The zero-order valence-electron chi connectivity index (χ0n) is 31.6. The van der Waals surface area contributed by atoms with Crippen LogP contribution in [0, 0.1) is 11.8 Å². The second-order valence-electron chi connectivity index (χ2n) is 15.2. The largest absolute Gasteiger partial charge is 0.465 e. The van der Waals surface area contributed by atoms with Gasteiger partial charge >= 0.3 is 12.2 Å². The van der Waals surface area contributed by atoms with E-state index in [1.165, 1.54) is 14.2 Å². The molecular weight excluding hydrogens is 688 g/mol. The van der Waals surface area contributed by atoms with Gasteiger partial charge in [-0.25, -0.2) is 19.6 Å². The number of imidazole rings is 2. The Bertz CT molecular complexity index is 2240. The van der Waals surface area contributed by atoms with Crippen molar-refractivity contribution in [3.05, 3.63) is 60.2 Å². The predicted octanol–water partition coefficient (Wildman–Crippen LogP) is 6.60. The Kier molecular flexibility index (Phi) is 9.94. The van der Waals surface area contributed by atoms with Crippen LogP contribution in [0.2, 0.25) is 0 Å². The fourth-order valence-electron chi connectivity index (χ4n) is 8.22. The minimum Gasteiger partial charge on any atom is -0.465 e. The zero-order valence-corrected chi connectivity index (χ0v) is 31.6.